The highest BCUT2D eigenvalue weighted by Crippen LogP contribution is 2.27. The molecule has 0 saturated heterocycles. The van der Waals surface area contributed by atoms with Crippen LogP contribution in [0.25, 0.3) is 0 Å². The maximum Gasteiger partial charge on any atom is 0.433 e. The van der Waals surface area contributed by atoms with Crippen molar-refractivity contribution >= 4 is 13.7 Å². The third-order valence-corrected chi connectivity index (χ3v) is 1.39. The topological polar surface area (TPSA) is 142 Å². The van der Waals surface area contributed by atoms with Gasteiger partial charge in [0, 0.05) is 0 Å². The fourth-order valence-electron chi connectivity index (χ4n) is 0.369. The minimum atomic E-state index is -4.62. The van der Waals surface area contributed by atoms with Gasteiger partial charge in [-0.2, -0.15) is 0 Å². The summed E-state index contributed by atoms with van der Waals surface area (Å²) in [7, 11) is -4.62. The molecule has 0 aromatic rings. The molecule has 0 heterocycles. The Hall–Kier alpha value is -0.500. The van der Waals surface area contributed by atoms with Gasteiger partial charge in [-0.25, -0.2) is 9.36 Å². The predicted molar refractivity (Wildman–Crippen MR) is 40.9 cm³/mol. The molecule has 0 aromatic carbocycles. The van der Waals surface area contributed by atoms with E-state index in [0.717, 1.165) is 0 Å². The second-order valence-electron chi connectivity index (χ2n) is 2.32. The van der Waals surface area contributed by atoms with Crippen molar-refractivity contribution in [3.63, 3.8) is 0 Å². The van der Waals surface area contributed by atoms with Gasteiger partial charge in [0.25, 0.3) is 0 Å². The van der Waals surface area contributed by atoms with Gasteiger partial charge >= 0.3 is 13.7 Å². The fourth-order valence-corrected chi connectivity index (χ4v) is 0.578. The summed E-state index contributed by atoms with van der Waals surface area (Å²) >= 11 is 0. The lowest BCUT2D eigenvalue weighted by Crippen LogP contribution is -2.43. The Kier molecular flexibility index (Phi) is 4.48. The molecule has 0 rings (SSSR count). The molecule has 0 unspecified atom stereocenters. The Bertz CT molecular complexity index is 225. The standard InChI is InChI=1S/C4H11N2O6P/c1-2(7)3(5)4(8)12-6-13(9,10)11/h2-3,7H,5H2,1H3,(H3,6,9,10,11)/t2-,3+/m1/s1. The highest BCUT2D eigenvalue weighted by molar-refractivity contribution is 7.49. The van der Waals surface area contributed by atoms with Gasteiger partial charge in [-0.3, -0.25) is 0 Å². The average Bonchev–Trinajstić information content (AvgIpc) is 1.97. The highest BCUT2D eigenvalue weighted by Gasteiger charge is 2.23. The third-order valence-electron chi connectivity index (χ3n) is 1.06. The second-order valence-corrected chi connectivity index (χ2v) is 3.59. The number of hydrogen-bond donors (Lipinski definition) is 5. The molecule has 9 heteroatoms. The summed E-state index contributed by atoms with van der Waals surface area (Å²) in [6.45, 7) is 1.24. The van der Waals surface area contributed by atoms with E-state index >= 15 is 0 Å². The molecule has 0 bridgehead atoms. The summed E-state index contributed by atoms with van der Waals surface area (Å²) in [5.41, 5.74) is 5.07. The Morgan fingerprint density at radius 3 is 2.38 bits per heavy atom. The van der Waals surface area contributed by atoms with Crippen LogP contribution in [0.1, 0.15) is 6.92 Å². The Labute approximate surface area is 73.9 Å². The van der Waals surface area contributed by atoms with Crippen LogP contribution in [-0.2, 0) is 14.2 Å². The zero-order valence-electron chi connectivity index (χ0n) is 6.75. The third kappa shape index (κ3) is 5.69. The molecule has 0 amide bonds. The lowest BCUT2D eigenvalue weighted by atomic mass is 10.2. The van der Waals surface area contributed by atoms with E-state index in [0.29, 0.717) is 0 Å². The smallest absolute Gasteiger partial charge is 0.391 e. The molecule has 0 saturated carbocycles. The molecule has 78 valence electrons. The van der Waals surface area contributed by atoms with Gasteiger partial charge in [-0.05, 0) is 6.92 Å². The van der Waals surface area contributed by atoms with Gasteiger partial charge in [-0.1, -0.05) is 5.25 Å². The van der Waals surface area contributed by atoms with Gasteiger partial charge in [-0.15, -0.1) is 0 Å². The van der Waals surface area contributed by atoms with Crippen LogP contribution in [-0.4, -0.2) is 33.0 Å². The minimum absolute atomic E-state index is 1.15. The summed E-state index contributed by atoms with van der Waals surface area (Å²) in [6.07, 6.45) is -1.16. The van der Waals surface area contributed by atoms with Crippen LogP contribution in [0.2, 0.25) is 0 Å². The molecule has 0 aliphatic carbocycles. The van der Waals surface area contributed by atoms with E-state index in [1.165, 1.54) is 12.2 Å². The first-order valence-electron chi connectivity index (χ1n) is 3.21. The van der Waals surface area contributed by atoms with Crippen LogP contribution in [0, 0.1) is 0 Å². The molecule has 0 fully saturated rings. The number of carbonyl (C=O) groups is 1. The van der Waals surface area contributed by atoms with Crippen molar-refractivity contribution in [3.8, 4) is 0 Å². The maximum atomic E-state index is 10.7. The Morgan fingerprint density at radius 1 is 1.62 bits per heavy atom. The maximum absolute atomic E-state index is 10.7. The van der Waals surface area contributed by atoms with Crippen molar-refractivity contribution in [1.82, 2.24) is 5.25 Å². The molecule has 8 nitrogen and oxygen atoms in total. The lowest BCUT2D eigenvalue weighted by Gasteiger charge is -2.13. The van der Waals surface area contributed by atoms with E-state index in [-0.39, 0.29) is 0 Å². The number of carbonyl (C=O) groups excluding carboxylic acids is 1. The monoisotopic (exact) mass is 214 g/mol. The van der Waals surface area contributed by atoms with Crippen LogP contribution in [0.15, 0.2) is 0 Å². The van der Waals surface area contributed by atoms with E-state index in [4.69, 9.17) is 20.6 Å². The quantitative estimate of drug-likeness (QED) is 0.263. The Balaban J connectivity index is 3.96. The largest absolute Gasteiger partial charge is 0.433 e. The minimum Gasteiger partial charge on any atom is -0.391 e. The highest BCUT2D eigenvalue weighted by atomic mass is 31.2. The van der Waals surface area contributed by atoms with Crippen molar-refractivity contribution in [2.24, 2.45) is 5.73 Å². The summed E-state index contributed by atoms with van der Waals surface area (Å²) in [5, 5.41) is 9.96. The van der Waals surface area contributed by atoms with Crippen molar-refractivity contribution < 1.29 is 29.1 Å². The zero-order valence-corrected chi connectivity index (χ0v) is 7.64. The van der Waals surface area contributed by atoms with Crippen LogP contribution < -0.4 is 11.0 Å². The number of nitrogens with one attached hydrogen (secondary N) is 1. The molecular formula is C4H11N2O6P. The van der Waals surface area contributed by atoms with Crippen molar-refractivity contribution in [1.29, 1.82) is 0 Å². The molecule has 0 radical (unpaired) electrons. The van der Waals surface area contributed by atoms with E-state index in [9.17, 15) is 9.36 Å². The molecule has 6 N–H and O–H groups in total. The fraction of sp³-hybridized carbons (Fsp3) is 0.750. The van der Waals surface area contributed by atoms with Gasteiger partial charge in [0.15, 0.2) is 0 Å². The molecule has 0 aliphatic rings. The molecule has 2 atom stereocenters. The van der Waals surface area contributed by atoms with Gasteiger partial charge in [0.2, 0.25) is 0 Å². The summed E-state index contributed by atoms with van der Waals surface area (Å²) < 4.78 is 10.1. The SMILES string of the molecule is C[C@@H](O)[C@H](N)C(=O)ONP(=O)(O)O. The van der Waals surface area contributed by atoms with E-state index in [2.05, 4.69) is 4.84 Å². The van der Waals surface area contributed by atoms with Crippen molar-refractivity contribution in [3.05, 3.63) is 0 Å². The molecule has 0 spiro atoms. The number of nitrogens with two attached hydrogens (primary N) is 1. The predicted octanol–water partition coefficient (Wildman–Crippen LogP) is -2.16. The van der Waals surface area contributed by atoms with E-state index in [1.807, 2.05) is 0 Å². The molecular weight excluding hydrogens is 203 g/mol. The number of aliphatic hydroxyl groups is 1. The summed E-state index contributed by atoms with van der Waals surface area (Å²) in [4.78, 5) is 31.0. The first-order valence-corrected chi connectivity index (χ1v) is 4.82. The summed E-state index contributed by atoms with van der Waals surface area (Å²) in [6, 6.07) is -1.35. The zero-order chi connectivity index (χ0) is 10.6. The van der Waals surface area contributed by atoms with Crippen LogP contribution in [0.3, 0.4) is 0 Å². The molecule has 13 heavy (non-hydrogen) atoms. The van der Waals surface area contributed by atoms with E-state index < -0.39 is 25.9 Å². The summed E-state index contributed by atoms with van der Waals surface area (Å²) in [5.74, 6) is -1.15. The first-order chi connectivity index (χ1) is 5.74. The Morgan fingerprint density at radius 2 is 2.08 bits per heavy atom. The van der Waals surface area contributed by atoms with Gasteiger partial charge < -0.3 is 25.5 Å². The first kappa shape index (κ1) is 12.5. The number of rotatable bonds is 4. The number of aliphatic hydroxyl groups excluding tert-OH is 1. The lowest BCUT2D eigenvalue weighted by molar-refractivity contribution is -0.152. The van der Waals surface area contributed by atoms with Crippen LogP contribution >= 0.6 is 7.75 Å². The van der Waals surface area contributed by atoms with Gasteiger partial charge in [0.1, 0.15) is 6.04 Å². The van der Waals surface area contributed by atoms with Crippen molar-refractivity contribution in [2.45, 2.75) is 19.1 Å². The molecule has 0 aromatic heterocycles. The van der Waals surface area contributed by atoms with E-state index in [1.54, 1.807) is 0 Å². The second kappa shape index (κ2) is 4.66. The van der Waals surface area contributed by atoms with Crippen molar-refractivity contribution in [2.75, 3.05) is 0 Å². The van der Waals surface area contributed by atoms with Gasteiger partial charge in [0.05, 0.1) is 6.10 Å². The molecule has 0 aliphatic heterocycles. The number of hydrogen-bond acceptors (Lipinski definition) is 5. The normalized spacial score (nSPS) is 16.4. The average molecular weight is 214 g/mol. The van der Waals surface area contributed by atoms with Crippen LogP contribution in [0.5, 0.6) is 0 Å². The van der Waals surface area contributed by atoms with Crippen LogP contribution in [0.4, 0.5) is 0 Å².